The maximum Gasteiger partial charge on any atom is 0.255 e. The molecule has 1 amide bonds. The Kier molecular flexibility index (Phi) is 6.63. The van der Waals surface area contributed by atoms with Crippen LogP contribution < -0.4 is 15.8 Å². The summed E-state index contributed by atoms with van der Waals surface area (Å²) in [4.78, 5) is 14.5. The van der Waals surface area contributed by atoms with Crippen molar-refractivity contribution in [1.82, 2.24) is 4.90 Å². The van der Waals surface area contributed by atoms with Crippen LogP contribution in [0.4, 0.5) is 11.4 Å². The number of ether oxygens (including phenoxy) is 1. The molecule has 0 aliphatic rings. The maximum atomic E-state index is 12.2. The van der Waals surface area contributed by atoms with Gasteiger partial charge in [-0.05, 0) is 49.5 Å². The van der Waals surface area contributed by atoms with Crippen molar-refractivity contribution in [1.29, 1.82) is 0 Å². The summed E-state index contributed by atoms with van der Waals surface area (Å²) in [6.07, 6.45) is 0. The van der Waals surface area contributed by atoms with E-state index in [9.17, 15) is 4.79 Å². The molecule has 0 aliphatic heterocycles. The van der Waals surface area contributed by atoms with E-state index in [1.54, 1.807) is 24.3 Å². The standard InChI is InChI=1S/C19H25N3O2/c1-3-22(4-2)13-14-24-16-11-9-15(10-12-16)19(23)21-18-8-6-5-7-17(18)20/h5-12H,3-4,13-14,20H2,1-2H3,(H,21,23). The zero-order chi connectivity index (χ0) is 17.4. The Balaban J connectivity index is 1.89. The number of likely N-dealkylation sites (N-methyl/N-ethyl adjacent to an activating group) is 1. The minimum atomic E-state index is -0.192. The second-order valence-electron chi connectivity index (χ2n) is 5.44. The van der Waals surface area contributed by atoms with E-state index < -0.39 is 0 Å². The summed E-state index contributed by atoms with van der Waals surface area (Å²) < 4.78 is 5.72. The van der Waals surface area contributed by atoms with E-state index in [1.165, 1.54) is 0 Å². The van der Waals surface area contributed by atoms with Gasteiger partial charge in [0.05, 0.1) is 11.4 Å². The van der Waals surface area contributed by atoms with Crippen LogP contribution in [0.5, 0.6) is 5.75 Å². The first-order valence-corrected chi connectivity index (χ1v) is 8.25. The van der Waals surface area contributed by atoms with E-state index >= 15 is 0 Å². The van der Waals surface area contributed by atoms with Crippen LogP contribution in [0, 0.1) is 0 Å². The smallest absolute Gasteiger partial charge is 0.255 e. The van der Waals surface area contributed by atoms with Gasteiger partial charge in [-0.1, -0.05) is 26.0 Å². The predicted octanol–water partition coefficient (Wildman–Crippen LogP) is 3.24. The van der Waals surface area contributed by atoms with E-state index in [2.05, 4.69) is 24.1 Å². The molecule has 0 fully saturated rings. The highest BCUT2D eigenvalue weighted by molar-refractivity contribution is 6.05. The SMILES string of the molecule is CCN(CC)CCOc1ccc(C(=O)Nc2ccccc2N)cc1. The van der Waals surface area contributed by atoms with E-state index in [1.807, 2.05) is 24.3 Å². The number of benzene rings is 2. The quantitative estimate of drug-likeness (QED) is 0.730. The predicted molar refractivity (Wildman–Crippen MR) is 98.5 cm³/mol. The Bertz CT molecular complexity index is 652. The molecule has 0 saturated heterocycles. The van der Waals surface area contributed by atoms with Crippen molar-refractivity contribution in [2.75, 3.05) is 37.3 Å². The van der Waals surface area contributed by atoms with Crippen LogP contribution in [0.3, 0.4) is 0 Å². The van der Waals surface area contributed by atoms with Crippen LogP contribution in [0.25, 0.3) is 0 Å². The highest BCUT2D eigenvalue weighted by Crippen LogP contribution is 2.19. The van der Waals surface area contributed by atoms with Gasteiger partial charge in [0.2, 0.25) is 0 Å². The van der Waals surface area contributed by atoms with Gasteiger partial charge < -0.3 is 20.7 Å². The highest BCUT2D eigenvalue weighted by atomic mass is 16.5. The molecular formula is C19H25N3O2. The molecule has 3 N–H and O–H groups in total. The van der Waals surface area contributed by atoms with Crippen molar-refractivity contribution in [3.63, 3.8) is 0 Å². The van der Waals surface area contributed by atoms with Gasteiger partial charge in [-0.25, -0.2) is 0 Å². The fraction of sp³-hybridized carbons (Fsp3) is 0.316. The molecule has 0 spiro atoms. The molecule has 5 nitrogen and oxygen atoms in total. The van der Waals surface area contributed by atoms with E-state index in [0.29, 0.717) is 23.5 Å². The second kappa shape index (κ2) is 8.93. The van der Waals surface area contributed by atoms with Gasteiger partial charge in [0.15, 0.2) is 0 Å². The first kappa shape index (κ1) is 17.8. The van der Waals surface area contributed by atoms with E-state index in [4.69, 9.17) is 10.5 Å². The Hall–Kier alpha value is -2.53. The average molecular weight is 327 g/mol. The molecule has 0 heterocycles. The summed E-state index contributed by atoms with van der Waals surface area (Å²) in [5.41, 5.74) is 7.56. The summed E-state index contributed by atoms with van der Waals surface area (Å²) in [5, 5.41) is 2.81. The van der Waals surface area contributed by atoms with Crippen molar-refractivity contribution in [3.8, 4) is 5.75 Å². The molecule has 2 aromatic carbocycles. The Morgan fingerprint density at radius 3 is 2.38 bits per heavy atom. The third-order valence-electron chi connectivity index (χ3n) is 3.90. The average Bonchev–Trinajstić information content (AvgIpc) is 2.61. The minimum absolute atomic E-state index is 0.192. The molecule has 0 unspecified atom stereocenters. The van der Waals surface area contributed by atoms with Crippen LogP contribution >= 0.6 is 0 Å². The fourth-order valence-corrected chi connectivity index (χ4v) is 2.34. The van der Waals surface area contributed by atoms with Crippen LogP contribution in [0.15, 0.2) is 48.5 Å². The van der Waals surface area contributed by atoms with Gasteiger partial charge in [-0.15, -0.1) is 0 Å². The Labute approximate surface area is 143 Å². The number of carbonyl (C=O) groups is 1. The lowest BCUT2D eigenvalue weighted by atomic mass is 10.2. The lowest BCUT2D eigenvalue weighted by Gasteiger charge is -2.18. The number of anilines is 2. The molecule has 0 saturated carbocycles. The molecule has 2 aromatic rings. The highest BCUT2D eigenvalue weighted by Gasteiger charge is 2.08. The molecule has 0 bridgehead atoms. The normalized spacial score (nSPS) is 10.6. The summed E-state index contributed by atoms with van der Waals surface area (Å²) >= 11 is 0. The number of amides is 1. The maximum absolute atomic E-state index is 12.2. The summed E-state index contributed by atoms with van der Waals surface area (Å²) in [5.74, 6) is 0.570. The topological polar surface area (TPSA) is 67.6 Å². The summed E-state index contributed by atoms with van der Waals surface area (Å²) in [7, 11) is 0. The number of rotatable bonds is 8. The Morgan fingerprint density at radius 1 is 1.08 bits per heavy atom. The van der Waals surface area contributed by atoms with E-state index in [0.717, 1.165) is 25.4 Å². The molecule has 0 aromatic heterocycles. The van der Waals surface area contributed by atoms with Crippen molar-refractivity contribution in [2.24, 2.45) is 0 Å². The Morgan fingerprint density at radius 2 is 1.75 bits per heavy atom. The van der Waals surface area contributed by atoms with Crippen molar-refractivity contribution < 1.29 is 9.53 Å². The van der Waals surface area contributed by atoms with E-state index in [-0.39, 0.29) is 5.91 Å². The van der Waals surface area contributed by atoms with Gasteiger partial charge in [-0.2, -0.15) is 0 Å². The van der Waals surface area contributed by atoms with Crippen LogP contribution in [-0.2, 0) is 0 Å². The van der Waals surface area contributed by atoms with Crippen molar-refractivity contribution in [2.45, 2.75) is 13.8 Å². The lowest BCUT2D eigenvalue weighted by Crippen LogP contribution is -2.27. The first-order chi connectivity index (χ1) is 11.6. The van der Waals surface area contributed by atoms with Crippen molar-refractivity contribution in [3.05, 3.63) is 54.1 Å². The molecule has 24 heavy (non-hydrogen) atoms. The minimum Gasteiger partial charge on any atom is -0.492 e. The first-order valence-electron chi connectivity index (χ1n) is 8.25. The number of para-hydroxylation sites is 2. The van der Waals surface area contributed by atoms with Gasteiger partial charge in [0, 0.05) is 12.1 Å². The number of nitrogens with zero attached hydrogens (tertiary/aromatic N) is 1. The largest absolute Gasteiger partial charge is 0.492 e. The lowest BCUT2D eigenvalue weighted by molar-refractivity contribution is 0.102. The van der Waals surface area contributed by atoms with Gasteiger partial charge >= 0.3 is 0 Å². The van der Waals surface area contributed by atoms with Gasteiger partial charge in [-0.3, -0.25) is 4.79 Å². The van der Waals surface area contributed by atoms with Gasteiger partial charge in [0.25, 0.3) is 5.91 Å². The molecule has 0 radical (unpaired) electrons. The van der Waals surface area contributed by atoms with Crippen molar-refractivity contribution >= 4 is 17.3 Å². The number of carbonyl (C=O) groups excluding carboxylic acids is 1. The van der Waals surface area contributed by atoms with Crippen LogP contribution in [0.2, 0.25) is 0 Å². The fourth-order valence-electron chi connectivity index (χ4n) is 2.34. The molecular weight excluding hydrogens is 302 g/mol. The zero-order valence-corrected chi connectivity index (χ0v) is 14.3. The van der Waals surface area contributed by atoms with Crippen LogP contribution in [0.1, 0.15) is 24.2 Å². The number of hydrogen-bond acceptors (Lipinski definition) is 4. The zero-order valence-electron chi connectivity index (χ0n) is 14.3. The third-order valence-corrected chi connectivity index (χ3v) is 3.90. The number of nitrogens with two attached hydrogens (primary N) is 1. The number of nitrogens with one attached hydrogen (secondary N) is 1. The number of nitrogen functional groups attached to an aromatic ring is 1. The molecule has 0 atom stereocenters. The monoisotopic (exact) mass is 327 g/mol. The number of hydrogen-bond donors (Lipinski definition) is 2. The summed E-state index contributed by atoms with van der Waals surface area (Å²) in [6.45, 7) is 7.83. The molecule has 5 heteroatoms. The molecule has 0 aliphatic carbocycles. The molecule has 128 valence electrons. The van der Waals surface area contributed by atoms with Crippen LogP contribution in [-0.4, -0.2) is 37.0 Å². The third kappa shape index (κ3) is 4.99. The summed E-state index contributed by atoms with van der Waals surface area (Å²) in [6, 6.07) is 14.3. The second-order valence-corrected chi connectivity index (χ2v) is 5.44. The molecule has 2 rings (SSSR count). The van der Waals surface area contributed by atoms with Gasteiger partial charge in [0.1, 0.15) is 12.4 Å².